The minimum absolute atomic E-state index is 0.626. The molecule has 21 heavy (non-hydrogen) atoms. The number of rotatable bonds is 6. The number of thiophene rings is 1. The molecule has 0 bridgehead atoms. The Morgan fingerprint density at radius 2 is 2.24 bits per heavy atom. The minimum atomic E-state index is -0.969. The van der Waals surface area contributed by atoms with E-state index in [2.05, 4.69) is 23.3 Å². The van der Waals surface area contributed by atoms with Gasteiger partial charge < -0.3 is 10.0 Å². The molecule has 0 saturated carbocycles. The summed E-state index contributed by atoms with van der Waals surface area (Å²) >= 11 is 8.06. The molecule has 2 aromatic rings. The number of halogens is 1. The molecule has 1 heterocycles. The van der Waals surface area contributed by atoms with Crippen molar-refractivity contribution in [1.29, 1.82) is 0 Å². The molecule has 0 unspecified atom stereocenters. The Morgan fingerprint density at radius 3 is 2.81 bits per heavy atom. The van der Waals surface area contributed by atoms with Gasteiger partial charge in [0.05, 0.1) is 17.3 Å². The second kappa shape index (κ2) is 7.29. The lowest BCUT2D eigenvalue weighted by Crippen LogP contribution is -2.21. The SMILES string of the molecule is CCN(Cc1cccs1)c1ccc(/C=C/C(=O)O)cc1Cl. The topological polar surface area (TPSA) is 40.5 Å². The Bertz CT molecular complexity index is 638. The Morgan fingerprint density at radius 1 is 1.43 bits per heavy atom. The van der Waals surface area contributed by atoms with Crippen molar-refractivity contribution < 1.29 is 9.90 Å². The highest BCUT2D eigenvalue weighted by Gasteiger charge is 2.10. The number of carboxylic acids is 1. The van der Waals surface area contributed by atoms with Crippen molar-refractivity contribution in [2.45, 2.75) is 13.5 Å². The summed E-state index contributed by atoms with van der Waals surface area (Å²) in [7, 11) is 0. The molecule has 0 fully saturated rings. The number of hydrogen-bond donors (Lipinski definition) is 1. The van der Waals surface area contributed by atoms with E-state index >= 15 is 0 Å². The van der Waals surface area contributed by atoms with Crippen molar-refractivity contribution in [2.75, 3.05) is 11.4 Å². The number of nitrogens with zero attached hydrogens (tertiary/aromatic N) is 1. The zero-order valence-electron chi connectivity index (χ0n) is 11.6. The van der Waals surface area contributed by atoms with Crippen molar-refractivity contribution in [3.05, 3.63) is 57.3 Å². The van der Waals surface area contributed by atoms with E-state index in [1.807, 2.05) is 18.2 Å². The lowest BCUT2D eigenvalue weighted by molar-refractivity contribution is -0.131. The van der Waals surface area contributed by atoms with E-state index < -0.39 is 5.97 Å². The van der Waals surface area contributed by atoms with Crippen molar-refractivity contribution >= 4 is 40.7 Å². The first-order valence-electron chi connectivity index (χ1n) is 6.58. The summed E-state index contributed by atoms with van der Waals surface area (Å²) in [6.45, 7) is 3.75. The molecule has 2 rings (SSSR count). The van der Waals surface area contributed by atoms with Crippen LogP contribution in [0.5, 0.6) is 0 Å². The lowest BCUT2D eigenvalue weighted by Gasteiger charge is -2.23. The van der Waals surface area contributed by atoms with E-state index in [1.54, 1.807) is 17.4 Å². The van der Waals surface area contributed by atoms with Crippen LogP contribution in [-0.2, 0) is 11.3 Å². The molecule has 0 atom stereocenters. The quantitative estimate of drug-likeness (QED) is 0.795. The van der Waals surface area contributed by atoms with Crippen LogP contribution in [0.1, 0.15) is 17.4 Å². The van der Waals surface area contributed by atoms with Crippen molar-refractivity contribution in [3.63, 3.8) is 0 Å². The second-order valence-corrected chi connectivity index (χ2v) is 5.92. The summed E-state index contributed by atoms with van der Waals surface area (Å²) in [4.78, 5) is 14.0. The molecule has 3 nitrogen and oxygen atoms in total. The predicted molar refractivity (Wildman–Crippen MR) is 89.2 cm³/mol. The van der Waals surface area contributed by atoms with Crippen molar-refractivity contribution in [2.24, 2.45) is 0 Å². The van der Waals surface area contributed by atoms with Crippen LogP contribution >= 0.6 is 22.9 Å². The predicted octanol–water partition coefficient (Wildman–Crippen LogP) is 4.53. The van der Waals surface area contributed by atoms with Gasteiger partial charge in [0, 0.05) is 17.5 Å². The van der Waals surface area contributed by atoms with Crippen LogP contribution in [0, 0.1) is 0 Å². The highest BCUT2D eigenvalue weighted by molar-refractivity contribution is 7.09. The number of anilines is 1. The van der Waals surface area contributed by atoms with Gasteiger partial charge in [0.1, 0.15) is 0 Å². The Labute approximate surface area is 133 Å². The molecule has 1 aromatic carbocycles. The maximum absolute atomic E-state index is 10.5. The van der Waals surface area contributed by atoms with E-state index in [-0.39, 0.29) is 0 Å². The number of carboxylic acid groups (broad SMARTS) is 1. The van der Waals surface area contributed by atoms with Crippen LogP contribution in [-0.4, -0.2) is 17.6 Å². The first-order chi connectivity index (χ1) is 10.1. The Hall–Kier alpha value is -1.78. The smallest absolute Gasteiger partial charge is 0.328 e. The molecule has 0 aliphatic heterocycles. The van der Waals surface area contributed by atoms with Gasteiger partial charge in [-0.05, 0) is 42.1 Å². The second-order valence-electron chi connectivity index (χ2n) is 4.48. The zero-order valence-corrected chi connectivity index (χ0v) is 13.2. The summed E-state index contributed by atoms with van der Waals surface area (Å²) in [5.41, 5.74) is 1.73. The maximum atomic E-state index is 10.5. The van der Waals surface area contributed by atoms with Gasteiger partial charge in [-0.1, -0.05) is 23.7 Å². The minimum Gasteiger partial charge on any atom is -0.478 e. The van der Waals surface area contributed by atoms with Gasteiger partial charge in [-0.25, -0.2) is 4.79 Å². The molecule has 0 aliphatic rings. The van der Waals surface area contributed by atoms with Crippen LogP contribution < -0.4 is 4.90 Å². The molecule has 0 saturated heterocycles. The monoisotopic (exact) mass is 321 g/mol. The average Bonchev–Trinajstić information content (AvgIpc) is 2.96. The summed E-state index contributed by atoms with van der Waals surface area (Å²) in [5, 5.41) is 11.3. The fourth-order valence-electron chi connectivity index (χ4n) is 2.01. The largest absolute Gasteiger partial charge is 0.478 e. The Balaban J connectivity index is 2.20. The molecule has 0 aliphatic carbocycles. The molecular weight excluding hydrogens is 306 g/mol. The summed E-state index contributed by atoms with van der Waals surface area (Å²) in [6, 6.07) is 9.73. The van der Waals surface area contributed by atoms with E-state index in [9.17, 15) is 4.79 Å². The highest BCUT2D eigenvalue weighted by Crippen LogP contribution is 2.29. The number of hydrogen-bond acceptors (Lipinski definition) is 3. The maximum Gasteiger partial charge on any atom is 0.328 e. The fraction of sp³-hybridized carbons (Fsp3) is 0.188. The molecule has 110 valence electrons. The van der Waals surface area contributed by atoms with Crippen molar-refractivity contribution in [3.8, 4) is 0 Å². The van der Waals surface area contributed by atoms with Gasteiger partial charge in [0.15, 0.2) is 0 Å². The third-order valence-electron chi connectivity index (χ3n) is 3.04. The lowest BCUT2D eigenvalue weighted by atomic mass is 10.1. The summed E-state index contributed by atoms with van der Waals surface area (Å²) < 4.78 is 0. The normalized spacial score (nSPS) is 11.0. The van der Waals surface area contributed by atoms with Crippen LogP contribution in [0.15, 0.2) is 41.8 Å². The molecule has 5 heteroatoms. The molecular formula is C16H16ClNO2S. The number of benzene rings is 1. The third-order valence-corrected chi connectivity index (χ3v) is 4.20. The summed E-state index contributed by atoms with van der Waals surface area (Å²) in [5.74, 6) is -0.969. The van der Waals surface area contributed by atoms with Gasteiger partial charge in [-0.2, -0.15) is 0 Å². The van der Waals surface area contributed by atoms with Crippen LogP contribution in [0.3, 0.4) is 0 Å². The molecule has 0 amide bonds. The fourth-order valence-corrected chi connectivity index (χ4v) is 3.04. The first kappa shape index (κ1) is 15.6. The molecule has 1 N–H and O–H groups in total. The third kappa shape index (κ3) is 4.34. The van der Waals surface area contributed by atoms with Crippen LogP contribution in [0.2, 0.25) is 5.02 Å². The Kier molecular flexibility index (Phi) is 5.42. The van der Waals surface area contributed by atoms with E-state index in [0.29, 0.717) is 5.02 Å². The zero-order chi connectivity index (χ0) is 15.2. The van der Waals surface area contributed by atoms with E-state index in [0.717, 1.165) is 30.4 Å². The average molecular weight is 322 g/mol. The van der Waals surface area contributed by atoms with Gasteiger partial charge in [0.2, 0.25) is 0 Å². The number of aliphatic carboxylic acids is 1. The van der Waals surface area contributed by atoms with Gasteiger partial charge in [-0.3, -0.25) is 0 Å². The highest BCUT2D eigenvalue weighted by atomic mass is 35.5. The standard InChI is InChI=1S/C16H16ClNO2S/c1-2-18(11-13-4-3-9-21-13)15-7-5-12(10-14(15)17)6-8-16(19)20/h3-10H,2,11H2,1H3,(H,19,20)/b8-6+. The van der Waals surface area contributed by atoms with Crippen molar-refractivity contribution in [1.82, 2.24) is 0 Å². The van der Waals surface area contributed by atoms with Gasteiger partial charge in [-0.15, -0.1) is 11.3 Å². The van der Waals surface area contributed by atoms with E-state index in [1.165, 1.54) is 11.0 Å². The van der Waals surface area contributed by atoms with E-state index in [4.69, 9.17) is 16.7 Å². The van der Waals surface area contributed by atoms with Gasteiger partial charge >= 0.3 is 5.97 Å². The molecule has 0 radical (unpaired) electrons. The molecule has 1 aromatic heterocycles. The molecule has 0 spiro atoms. The van der Waals surface area contributed by atoms with Gasteiger partial charge in [0.25, 0.3) is 0 Å². The number of carbonyl (C=O) groups is 1. The first-order valence-corrected chi connectivity index (χ1v) is 7.83. The summed E-state index contributed by atoms with van der Waals surface area (Å²) in [6.07, 6.45) is 2.64. The van der Waals surface area contributed by atoms with Crippen LogP contribution in [0.25, 0.3) is 6.08 Å². The van der Waals surface area contributed by atoms with Crippen LogP contribution in [0.4, 0.5) is 5.69 Å².